The quantitative estimate of drug-likeness (QED) is 0.298. The summed E-state index contributed by atoms with van der Waals surface area (Å²) in [5.74, 6) is -1.88. The fraction of sp³-hybridized carbons (Fsp3) is 0.241. The molecule has 4 rings (SSSR count). The van der Waals surface area contributed by atoms with Gasteiger partial charge in [0.2, 0.25) is 0 Å². The smallest absolute Gasteiger partial charge is 0.303 e. The predicted octanol–water partition coefficient (Wildman–Crippen LogP) is 5.51. The number of aromatic amines is 1. The minimum Gasteiger partial charge on any atom is -0.481 e. The van der Waals surface area contributed by atoms with Gasteiger partial charge in [0.25, 0.3) is 0 Å². The standard InChI is InChI=1S/C29H30N2O4S/c1-20-16-27(21(2)31-20)28-15-12-23(18-30-28)9-8-22-10-13-26(14-11-22)36(34,35)19-25(17-29(32)33)24-6-4-3-5-7-24/h3-7,10-16,18,25,31H,8-9,17,19H2,1-2H3,(H,32,33). The second-order valence-electron chi connectivity index (χ2n) is 9.17. The van der Waals surface area contributed by atoms with Gasteiger partial charge in [-0.3, -0.25) is 9.78 Å². The van der Waals surface area contributed by atoms with Crippen LogP contribution >= 0.6 is 0 Å². The van der Waals surface area contributed by atoms with Crippen LogP contribution in [-0.2, 0) is 27.5 Å². The summed E-state index contributed by atoms with van der Waals surface area (Å²) in [6.07, 6.45) is 3.20. The van der Waals surface area contributed by atoms with Crippen LogP contribution in [0.15, 0.2) is 83.9 Å². The maximum absolute atomic E-state index is 13.1. The third-order valence-electron chi connectivity index (χ3n) is 6.35. The highest BCUT2D eigenvalue weighted by atomic mass is 32.2. The van der Waals surface area contributed by atoms with Gasteiger partial charge in [0.15, 0.2) is 9.84 Å². The molecule has 0 radical (unpaired) electrons. The molecule has 0 aliphatic heterocycles. The highest BCUT2D eigenvalue weighted by Gasteiger charge is 2.24. The maximum atomic E-state index is 13.1. The van der Waals surface area contributed by atoms with E-state index in [0.29, 0.717) is 5.56 Å². The Balaban J connectivity index is 1.40. The highest BCUT2D eigenvalue weighted by molar-refractivity contribution is 7.91. The molecule has 186 valence electrons. The van der Waals surface area contributed by atoms with Crippen LogP contribution in [0.2, 0.25) is 0 Å². The highest BCUT2D eigenvalue weighted by Crippen LogP contribution is 2.26. The average molecular weight is 503 g/mol. The molecular formula is C29H30N2O4S. The first-order valence-electron chi connectivity index (χ1n) is 11.9. The summed E-state index contributed by atoms with van der Waals surface area (Å²) in [5, 5.41) is 9.29. The second-order valence-corrected chi connectivity index (χ2v) is 11.2. The number of aromatic nitrogens is 2. The second kappa shape index (κ2) is 10.9. The Labute approximate surface area is 212 Å². The van der Waals surface area contributed by atoms with Gasteiger partial charge in [0, 0.05) is 29.1 Å². The lowest BCUT2D eigenvalue weighted by molar-refractivity contribution is -0.137. The molecule has 36 heavy (non-hydrogen) atoms. The Morgan fingerprint density at radius 3 is 2.19 bits per heavy atom. The van der Waals surface area contributed by atoms with Gasteiger partial charge in [-0.25, -0.2) is 8.42 Å². The maximum Gasteiger partial charge on any atom is 0.303 e. The van der Waals surface area contributed by atoms with Crippen LogP contribution in [0.25, 0.3) is 11.3 Å². The van der Waals surface area contributed by atoms with Gasteiger partial charge in [0.05, 0.1) is 22.8 Å². The summed E-state index contributed by atoms with van der Waals surface area (Å²) in [4.78, 5) is 19.5. The number of pyridine rings is 1. The predicted molar refractivity (Wildman–Crippen MR) is 141 cm³/mol. The molecule has 0 aliphatic carbocycles. The molecule has 4 aromatic rings. The number of nitrogens with zero attached hydrogens (tertiary/aromatic N) is 1. The molecule has 2 aromatic carbocycles. The zero-order valence-corrected chi connectivity index (χ0v) is 21.3. The molecule has 1 unspecified atom stereocenters. The van der Waals surface area contributed by atoms with Crippen LogP contribution in [0.3, 0.4) is 0 Å². The van der Waals surface area contributed by atoms with Crippen LogP contribution in [0.4, 0.5) is 0 Å². The van der Waals surface area contributed by atoms with Crippen molar-refractivity contribution in [2.45, 2.75) is 43.9 Å². The summed E-state index contributed by atoms with van der Waals surface area (Å²) in [6, 6.07) is 22.0. The third-order valence-corrected chi connectivity index (χ3v) is 8.18. The van der Waals surface area contributed by atoms with Crippen LogP contribution in [-0.4, -0.2) is 35.2 Å². The first kappa shape index (κ1) is 25.4. The van der Waals surface area contributed by atoms with Gasteiger partial charge < -0.3 is 10.1 Å². The molecule has 2 N–H and O–H groups in total. The van der Waals surface area contributed by atoms with Gasteiger partial charge >= 0.3 is 5.97 Å². The van der Waals surface area contributed by atoms with Crippen molar-refractivity contribution < 1.29 is 18.3 Å². The Kier molecular flexibility index (Phi) is 7.70. The van der Waals surface area contributed by atoms with E-state index in [2.05, 4.69) is 22.1 Å². The fourth-order valence-electron chi connectivity index (χ4n) is 4.44. The Bertz CT molecular complexity index is 1430. The topological polar surface area (TPSA) is 100 Å². The largest absolute Gasteiger partial charge is 0.481 e. The lowest BCUT2D eigenvalue weighted by atomic mass is 9.98. The summed E-state index contributed by atoms with van der Waals surface area (Å²) in [5.41, 5.74) is 7.10. The van der Waals surface area contributed by atoms with Crippen molar-refractivity contribution in [2.75, 3.05) is 5.75 Å². The number of aryl methyl sites for hydroxylation is 4. The molecule has 2 aromatic heterocycles. The third kappa shape index (κ3) is 6.29. The van der Waals surface area contributed by atoms with Gasteiger partial charge in [-0.15, -0.1) is 0 Å². The van der Waals surface area contributed by atoms with Crippen molar-refractivity contribution >= 4 is 15.8 Å². The van der Waals surface area contributed by atoms with Crippen LogP contribution < -0.4 is 0 Å². The fourth-order valence-corrected chi connectivity index (χ4v) is 6.03. The monoisotopic (exact) mass is 502 g/mol. The van der Waals surface area contributed by atoms with E-state index in [1.54, 1.807) is 36.4 Å². The number of benzene rings is 2. The molecule has 0 fully saturated rings. The molecule has 0 amide bonds. The van der Waals surface area contributed by atoms with Crippen LogP contribution in [0.1, 0.15) is 40.4 Å². The summed E-state index contributed by atoms with van der Waals surface area (Å²) in [6.45, 7) is 4.06. The van der Waals surface area contributed by atoms with E-state index in [1.165, 1.54) is 0 Å². The number of carbonyl (C=O) groups is 1. The van der Waals surface area contributed by atoms with Gasteiger partial charge in [-0.2, -0.15) is 0 Å². The SMILES string of the molecule is Cc1cc(-c2ccc(CCc3ccc(S(=O)(=O)CC(CC(=O)O)c4ccccc4)cc3)cn2)c(C)[nH]1. The lowest BCUT2D eigenvalue weighted by Crippen LogP contribution is -2.18. The number of hydrogen-bond donors (Lipinski definition) is 2. The first-order chi connectivity index (χ1) is 17.2. The molecule has 6 nitrogen and oxygen atoms in total. The van der Waals surface area contributed by atoms with Crippen molar-refractivity contribution in [1.29, 1.82) is 0 Å². The molecule has 0 saturated carbocycles. The molecule has 0 aliphatic rings. The molecular weight excluding hydrogens is 472 g/mol. The number of aliphatic carboxylic acids is 1. The van der Waals surface area contributed by atoms with Crippen molar-refractivity contribution in [3.8, 4) is 11.3 Å². The number of H-pyrrole nitrogens is 1. The van der Waals surface area contributed by atoms with E-state index >= 15 is 0 Å². The van der Waals surface area contributed by atoms with Gasteiger partial charge in [-0.05, 0) is 67.6 Å². The first-order valence-corrected chi connectivity index (χ1v) is 13.6. The zero-order chi connectivity index (χ0) is 25.7. The van der Waals surface area contributed by atoms with E-state index in [9.17, 15) is 18.3 Å². The number of hydrogen-bond acceptors (Lipinski definition) is 4. The molecule has 7 heteroatoms. The normalized spacial score (nSPS) is 12.4. The zero-order valence-electron chi connectivity index (χ0n) is 20.4. The number of rotatable bonds is 10. The minimum atomic E-state index is -3.65. The van der Waals surface area contributed by atoms with Crippen molar-refractivity contribution in [3.05, 3.63) is 107 Å². The molecule has 0 bridgehead atoms. The van der Waals surface area contributed by atoms with Crippen molar-refractivity contribution in [1.82, 2.24) is 9.97 Å². The van der Waals surface area contributed by atoms with E-state index in [-0.39, 0.29) is 17.1 Å². The molecule has 0 saturated heterocycles. The molecule has 2 heterocycles. The summed E-state index contributed by atoms with van der Waals surface area (Å²) in [7, 11) is -3.65. The van der Waals surface area contributed by atoms with E-state index in [1.807, 2.05) is 44.3 Å². The lowest BCUT2D eigenvalue weighted by Gasteiger charge is -2.16. The van der Waals surface area contributed by atoms with Crippen molar-refractivity contribution in [2.24, 2.45) is 0 Å². The minimum absolute atomic E-state index is 0.209. The number of sulfone groups is 1. The van der Waals surface area contributed by atoms with E-state index < -0.39 is 21.7 Å². The number of nitrogens with one attached hydrogen (secondary N) is 1. The summed E-state index contributed by atoms with van der Waals surface area (Å²) < 4.78 is 26.1. The molecule has 1 atom stereocenters. The van der Waals surface area contributed by atoms with E-state index in [4.69, 9.17) is 0 Å². The van der Waals surface area contributed by atoms with Gasteiger partial charge in [0.1, 0.15) is 0 Å². The summed E-state index contributed by atoms with van der Waals surface area (Å²) >= 11 is 0. The molecule has 0 spiro atoms. The Morgan fingerprint density at radius 1 is 0.944 bits per heavy atom. The van der Waals surface area contributed by atoms with Crippen LogP contribution in [0, 0.1) is 13.8 Å². The Hall–Kier alpha value is -3.71. The van der Waals surface area contributed by atoms with E-state index in [0.717, 1.165) is 46.6 Å². The average Bonchev–Trinajstić information content (AvgIpc) is 3.20. The van der Waals surface area contributed by atoms with Crippen LogP contribution in [0.5, 0.6) is 0 Å². The van der Waals surface area contributed by atoms with Crippen molar-refractivity contribution in [3.63, 3.8) is 0 Å². The Morgan fingerprint density at radius 2 is 1.61 bits per heavy atom. The van der Waals surface area contributed by atoms with Gasteiger partial charge in [-0.1, -0.05) is 48.5 Å². The number of carboxylic acid groups (broad SMARTS) is 1. The number of carboxylic acids is 1.